The Hall–Kier alpha value is -1.10. The smallest absolute Gasteiger partial charge is 0.328 e. The summed E-state index contributed by atoms with van der Waals surface area (Å²) in [5, 5.41) is 0. The average molecular weight is 272 g/mol. The number of esters is 1. The van der Waals surface area contributed by atoms with Crippen molar-refractivity contribution in [2.75, 3.05) is 13.7 Å². The number of carbonyl (C=O) groups is 2. The maximum absolute atomic E-state index is 12.2. The van der Waals surface area contributed by atoms with Gasteiger partial charge in [0.2, 0.25) is 5.91 Å². The lowest BCUT2D eigenvalue weighted by molar-refractivity contribution is -0.152. The van der Waals surface area contributed by atoms with Gasteiger partial charge in [-0.05, 0) is 18.3 Å². The van der Waals surface area contributed by atoms with E-state index in [0.29, 0.717) is 13.0 Å². The van der Waals surface area contributed by atoms with Gasteiger partial charge in [-0.3, -0.25) is 4.79 Å². The van der Waals surface area contributed by atoms with E-state index in [-0.39, 0.29) is 17.3 Å². The summed E-state index contributed by atoms with van der Waals surface area (Å²) in [4.78, 5) is 25.3. The summed E-state index contributed by atoms with van der Waals surface area (Å²) in [7, 11) is 1.34. The van der Waals surface area contributed by atoms with Gasteiger partial charge in [-0.1, -0.05) is 34.6 Å². The largest absolute Gasteiger partial charge is 0.467 e. The lowest BCUT2D eigenvalue weighted by Gasteiger charge is -2.32. The average Bonchev–Trinajstić information content (AvgIpc) is 2.86. The number of carbonyl (C=O) groups excluding carboxylic acids is 2. The second-order valence-corrected chi connectivity index (χ2v) is 5.56. The lowest BCUT2D eigenvalue weighted by atomic mass is 9.86. The molecule has 1 unspecified atom stereocenters. The SMILES string of the molecule is CC.COC(=O)C1CCCN1C(=O)[C@@H](N)C(C)(C)C. The van der Waals surface area contributed by atoms with Gasteiger partial charge in [0.25, 0.3) is 0 Å². The van der Waals surface area contributed by atoms with Crippen molar-refractivity contribution in [3.05, 3.63) is 0 Å². The molecule has 2 atom stereocenters. The third-order valence-electron chi connectivity index (χ3n) is 3.21. The molecule has 0 spiro atoms. The van der Waals surface area contributed by atoms with Crippen LogP contribution in [-0.2, 0) is 14.3 Å². The normalized spacial score (nSPS) is 20.4. The molecule has 0 aromatic heterocycles. The Morgan fingerprint density at radius 1 is 1.32 bits per heavy atom. The molecule has 0 bridgehead atoms. The first kappa shape index (κ1) is 17.9. The minimum absolute atomic E-state index is 0.162. The molecule has 1 aliphatic rings. The summed E-state index contributed by atoms with van der Waals surface area (Å²) in [6, 6.07) is -1.05. The number of amides is 1. The highest BCUT2D eigenvalue weighted by atomic mass is 16.5. The highest BCUT2D eigenvalue weighted by Crippen LogP contribution is 2.24. The molecule has 0 saturated carbocycles. The first-order chi connectivity index (χ1) is 8.79. The van der Waals surface area contributed by atoms with Crippen molar-refractivity contribution in [3.63, 3.8) is 0 Å². The zero-order valence-electron chi connectivity index (χ0n) is 13.0. The Balaban J connectivity index is 0.00000154. The van der Waals surface area contributed by atoms with Gasteiger partial charge in [-0.2, -0.15) is 0 Å². The molecule has 0 aromatic rings. The maximum atomic E-state index is 12.2. The summed E-state index contributed by atoms with van der Waals surface area (Å²) >= 11 is 0. The summed E-state index contributed by atoms with van der Waals surface area (Å²) < 4.78 is 4.71. The first-order valence-corrected chi connectivity index (χ1v) is 6.93. The minimum atomic E-state index is -0.590. The summed E-state index contributed by atoms with van der Waals surface area (Å²) in [6.45, 7) is 10.3. The molecule has 1 amide bonds. The van der Waals surface area contributed by atoms with Crippen molar-refractivity contribution in [2.24, 2.45) is 11.1 Å². The van der Waals surface area contributed by atoms with Crippen LogP contribution in [0.25, 0.3) is 0 Å². The lowest BCUT2D eigenvalue weighted by Crippen LogP contribution is -2.53. The van der Waals surface area contributed by atoms with Gasteiger partial charge in [-0.15, -0.1) is 0 Å². The van der Waals surface area contributed by atoms with Gasteiger partial charge >= 0.3 is 5.97 Å². The third kappa shape index (κ3) is 4.49. The number of hydrogen-bond donors (Lipinski definition) is 1. The highest BCUT2D eigenvalue weighted by molar-refractivity contribution is 5.88. The van der Waals surface area contributed by atoms with Crippen LogP contribution in [0.5, 0.6) is 0 Å². The van der Waals surface area contributed by atoms with Crippen LogP contribution in [0.3, 0.4) is 0 Å². The van der Waals surface area contributed by atoms with E-state index in [4.69, 9.17) is 10.5 Å². The Kier molecular flexibility index (Phi) is 7.05. The molecule has 1 fully saturated rings. The monoisotopic (exact) mass is 272 g/mol. The van der Waals surface area contributed by atoms with E-state index in [1.807, 2.05) is 34.6 Å². The summed E-state index contributed by atoms with van der Waals surface area (Å²) in [5.74, 6) is -0.512. The molecule has 0 aliphatic carbocycles. The molecule has 2 N–H and O–H groups in total. The molecular weight excluding hydrogens is 244 g/mol. The van der Waals surface area contributed by atoms with E-state index in [1.165, 1.54) is 7.11 Å². The number of likely N-dealkylation sites (tertiary alicyclic amines) is 1. The number of methoxy groups -OCH3 is 1. The van der Waals surface area contributed by atoms with Gasteiger partial charge in [0.05, 0.1) is 13.2 Å². The highest BCUT2D eigenvalue weighted by Gasteiger charge is 2.39. The van der Waals surface area contributed by atoms with E-state index >= 15 is 0 Å². The maximum Gasteiger partial charge on any atom is 0.328 e. The van der Waals surface area contributed by atoms with Crippen LogP contribution in [0, 0.1) is 5.41 Å². The van der Waals surface area contributed by atoms with Crippen molar-refractivity contribution in [2.45, 2.75) is 59.5 Å². The van der Waals surface area contributed by atoms with Crippen LogP contribution < -0.4 is 5.73 Å². The number of nitrogens with zero attached hydrogens (tertiary/aromatic N) is 1. The van der Waals surface area contributed by atoms with Gasteiger partial charge in [0.15, 0.2) is 0 Å². The van der Waals surface area contributed by atoms with Crippen molar-refractivity contribution < 1.29 is 14.3 Å². The quantitative estimate of drug-likeness (QED) is 0.774. The fourth-order valence-corrected chi connectivity index (χ4v) is 1.96. The Bertz CT molecular complexity index is 310. The van der Waals surface area contributed by atoms with Crippen molar-refractivity contribution in [3.8, 4) is 0 Å². The first-order valence-electron chi connectivity index (χ1n) is 6.93. The minimum Gasteiger partial charge on any atom is -0.467 e. The molecule has 1 heterocycles. The molecule has 1 rings (SSSR count). The standard InChI is InChI=1S/C12H22N2O3.C2H6/c1-12(2,3)9(13)10(15)14-7-5-6-8(14)11(16)17-4;1-2/h8-9H,5-7,13H2,1-4H3;1-2H3/t8?,9-;/m1./s1. The van der Waals surface area contributed by atoms with Gasteiger partial charge in [-0.25, -0.2) is 4.79 Å². The summed E-state index contributed by atoms with van der Waals surface area (Å²) in [6.07, 6.45) is 1.48. The topological polar surface area (TPSA) is 72.6 Å². The molecule has 0 radical (unpaired) electrons. The van der Waals surface area contributed by atoms with Crippen LogP contribution >= 0.6 is 0 Å². The Morgan fingerprint density at radius 2 is 1.84 bits per heavy atom. The predicted molar refractivity (Wildman–Crippen MR) is 75.5 cm³/mol. The van der Waals surface area contributed by atoms with Crippen LogP contribution in [0.2, 0.25) is 0 Å². The molecule has 1 aliphatic heterocycles. The van der Waals surface area contributed by atoms with E-state index in [0.717, 1.165) is 6.42 Å². The fraction of sp³-hybridized carbons (Fsp3) is 0.857. The number of hydrogen-bond acceptors (Lipinski definition) is 4. The second-order valence-electron chi connectivity index (χ2n) is 5.56. The van der Waals surface area contributed by atoms with E-state index in [9.17, 15) is 9.59 Å². The molecule has 112 valence electrons. The number of nitrogens with two attached hydrogens (primary N) is 1. The Morgan fingerprint density at radius 3 is 2.26 bits per heavy atom. The second kappa shape index (κ2) is 7.48. The third-order valence-corrected chi connectivity index (χ3v) is 3.21. The fourth-order valence-electron chi connectivity index (χ4n) is 1.96. The zero-order chi connectivity index (χ0) is 15.2. The Labute approximate surface area is 116 Å². The van der Waals surface area contributed by atoms with Crippen molar-refractivity contribution >= 4 is 11.9 Å². The predicted octanol–water partition coefficient (Wildman–Crippen LogP) is 1.55. The van der Waals surface area contributed by atoms with Crippen LogP contribution in [0.15, 0.2) is 0 Å². The van der Waals surface area contributed by atoms with Crippen LogP contribution in [-0.4, -0.2) is 42.5 Å². The number of ether oxygens (including phenoxy) is 1. The molecule has 1 saturated heterocycles. The van der Waals surface area contributed by atoms with Gasteiger partial charge in [0.1, 0.15) is 6.04 Å². The van der Waals surface area contributed by atoms with Crippen molar-refractivity contribution in [1.82, 2.24) is 4.90 Å². The molecule has 19 heavy (non-hydrogen) atoms. The van der Waals surface area contributed by atoms with Gasteiger partial charge in [0, 0.05) is 6.54 Å². The van der Waals surface area contributed by atoms with E-state index < -0.39 is 12.1 Å². The molecule has 0 aromatic carbocycles. The van der Waals surface area contributed by atoms with Crippen molar-refractivity contribution in [1.29, 1.82) is 0 Å². The zero-order valence-corrected chi connectivity index (χ0v) is 13.0. The summed E-state index contributed by atoms with van der Waals surface area (Å²) in [5.41, 5.74) is 5.63. The molecule has 5 nitrogen and oxygen atoms in total. The van der Waals surface area contributed by atoms with Crippen LogP contribution in [0.4, 0.5) is 0 Å². The van der Waals surface area contributed by atoms with Gasteiger partial charge < -0.3 is 15.4 Å². The molecular formula is C14H28N2O3. The van der Waals surface area contributed by atoms with Crippen LogP contribution in [0.1, 0.15) is 47.5 Å². The van der Waals surface area contributed by atoms with E-state index in [2.05, 4.69) is 0 Å². The number of rotatable bonds is 2. The molecule has 5 heteroatoms. The van der Waals surface area contributed by atoms with E-state index in [1.54, 1.807) is 4.90 Å².